The molecule has 4 nitrogen and oxygen atoms in total. The van der Waals surface area contributed by atoms with Crippen molar-refractivity contribution in [3.05, 3.63) is 30.3 Å². The minimum Gasteiger partial charge on any atom is -0.301 e. The lowest BCUT2D eigenvalue weighted by atomic mass is 10.1. The maximum absolute atomic E-state index is 12.2. The van der Waals surface area contributed by atoms with Crippen LogP contribution in [0.2, 0.25) is 0 Å². The van der Waals surface area contributed by atoms with E-state index in [-0.39, 0.29) is 6.04 Å². The molecule has 1 aliphatic heterocycles. The van der Waals surface area contributed by atoms with Crippen molar-refractivity contribution in [2.75, 3.05) is 13.1 Å². The normalized spacial score (nSPS) is 18.9. The fourth-order valence-corrected chi connectivity index (χ4v) is 3.75. The van der Waals surface area contributed by atoms with Gasteiger partial charge in [0.15, 0.2) is 0 Å². The number of nitrogens with one attached hydrogen (secondary N) is 1. The molecule has 19 heavy (non-hydrogen) atoms. The van der Waals surface area contributed by atoms with Crippen molar-refractivity contribution in [2.45, 2.75) is 43.7 Å². The molecule has 0 radical (unpaired) electrons. The number of sulfonamides is 1. The molecular weight excluding hydrogens is 260 g/mol. The molecule has 1 saturated heterocycles. The van der Waals surface area contributed by atoms with Crippen molar-refractivity contribution < 1.29 is 8.42 Å². The van der Waals surface area contributed by atoms with E-state index in [0.29, 0.717) is 10.9 Å². The summed E-state index contributed by atoms with van der Waals surface area (Å²) in [4.78, 5) is 2.73. The monoisotopic (exact) mass is 282 g/mol. The topological polar surface area (TPSA) is 49.4 Å². The fraction of sp³-hybridized carbons (Fsp3) is 0.571. The van der Waals surface area contributed by atoms with Crippen LogP contribution in [0, 0.1) is 0 Å². The molecule has 1 N–H and O–H groups in total. The quantitative estimate of drug-likeness (QED) is 0.916. The van der Waals surface area contributed by atoms with E-state index in [1.807, 2.05) is 6.07 Å². The molecule has 0 spiro atoms. The molecule has 1 fully saturated rings. The van der Waals surface area contributed by atoms with Crippen molar-refractivity contribution in [3.63, 3.8) is 0 Å². The Morgan fingerprint density at radius 2 is 1.74 bits per heavy atom. The van der Waals surface area contributed by atoms with Crippen LogP contribution >= 0.6 is 0 Å². The van der Waals surface area contributed by atoms with Crippen molar-refractivity contribution in [2.24, 2.45) is 0 Å². The number of rotatable bonds is 4. The highest BCUT2D eigenvalue weighted by molar-refractivity contribution is 7.89. The summed E-state index contributed by atoms with van der Waals surface area (Å²) in [6.07, 6.45) is 1.76. The highest BCUT2D eigenvalue weighted by Crippen LogP contribution is 2.16. The van der Waals surface area contributed by atoms with Gasteiger partial charge in [-0.3, -0.25) is 0 Å². The number of benzene rings is 1. The third-order valence-electron chi connectivity index (χ3n) is 3.64. The summed E-state index contributed by atoms with van der Waals surface area (Å²) in [7, 11) is -3.37. The van der Waals surface area contributed by atoms with Crippen LogP contribution in [0.3, 0.4) is 0 Å². The average molecular weight is 282 g/mol. The van der Waals surface area contributed by atoms with Crippen LogP contribution in [0.25, 0.3) is 0 Å². The molecule has 0 saturated carbocycles. The summed E-state index contributed by atoms with van der Waals surface area (Å²) < 4.78 is 27.2. The van der Waals surface area contributed by atoms with Crippen LogP contribution in [0.1, 0.15) is 26.7 Å². The molecule has 0 amide bonds. The zero-order chi connectivity index (χ0) is 13.9. The Bertz CT molecular complexity index is 491. The molecule has 1 heterocycles. The van der Waals surface area contributed by atoms with E-state index in [9.17, 15) is 8.42 Å². The molecule has 5 heteroatoms. The summed E-state index contributed by atoms with van der Waals surface area (Å²) in [5, 5.41) is 0. The maximum atomic E-state index is 12.2. The predicted octanol–water partition coefficient (Wildman–Crippen LogP) is 1.84. The zero-order valence-electron chi connectivity index (χ0n) is 11.5. The largest absolute Gasteiger partial charge is 0.301 e. The molecule has 0 aromatic heterocycles. The minimum absolute atomic E-state index is 0.0557. The average Bonchev–Trinajstić information content (AvgIpc) is 2.40. The van der Waals surface area contributed by atoms with Gasteiger partial charge >= 0.3 is 0 Å². The van der Waals surface area contributed by atoms with Gasteiger partial charge in [0.2, 0.25) is 10.0 Å². The van der Waals surface area contributed by atoms with Crippen LogP contribution in [-0.4, -0.2) is 38.5 Å². The Balaban J connectivity index is 1.96. The Labute approximate surface area is 115 Å². The van der Waals surface area contributed by atoms with E-state index < -0.39 is 10.0 Å². The van der Waals surface area contributed by atoms with Crippen molar-refractivity contribution in [1.29, 1.82) is 0 Å². The molecule has 0 aliphatic carbocycles. The van der Waals surface area contributed by atoms with Crippen LogP contribution in [0.5, 0.6) is 0 Å². The smallest absolute Gasteiger partial charge is 0.240 e. The highest BCUT2D eigenvalue weighted by Gasteiger charge is 2.25. The lowest BCUT2D eigenvalue weighted by Crippen LogP contribution is -2.46. The standard InChI is InChI=1S/C14H22N2O2S/c1-12(2)16-10-8-13(9-11-16)15-19(17,18)14-6-4-3-5-7-14/h3-7,12-13,15H,8-11H2,1-2H3. The number of nitrogens with zero attached hydrogens (tertiary/aromatic N) is 1. The van der Waals surface area contributed by atoms with E-state index in [2.05, 4.69) is 23.5 Å². The second kappa shape index (κ2) is 6.03. The summed E-state index contributed by atoms with van der Waals surface area (Å²) in [6, 6.07) is 9.16. The van der Waals surface area contributed by atoms with Gasteiger partial charge in [-0.05, 0) is 51.9 Å². The first-order valence-corrected chi connectivity index (χ1v) is 8.29. The van der Waals surface area contributed by atoms with Gasteiger partial charge in [-0.1, -0.05) is 18.2 Å². The second-order valence-corrected chi connectivity index (χ2v) is 7.05. The maximum Gasteiger partial charge on any atom is 0.240 e. The third kappa shape index (κ3) is 3.78. The van der Waals surface area contributed by atoms with Gasteiger partial charge in [0.25, 0.3) is 0 Å². The minimum atomic E-state index is -3.37. The number of likely N-dealkylation sites (tertiary alicyclic amines) is 1. The molecule has 0 bridgehead atoms. The van der Waals surface area contributed by atoms with Crippen molar-refractivity contribution in [1.82, 2.24) is 9.62 Å². The Morgan fingerprint density at radius 3 is 2.26 bits per heavy atom. The van der Waals surface area contributed by atoms with Gasteiger partial charge in [-0.2, -0.15) is 0 Å². The summed E-state index contributed by atoms with van der Waals surface area (Å²) in [5.41, 5.74) is 0. The van der Waals surface area contributed by atoms with Crippen LogP contribution in [0.15, 0.2) is 35.2 Å². The van der Waals surface area contributed by atoms with E-state index >= 15 is 0 Å². The highest BCUT2D eigenvalue weighted by atomic mass is 32.2. The van der Waals surface area contributed by atoms with Gasteiger partial charge in [0.05, 0.1) is 4.90 Å². The predicted molar refractivity (Wildman–Crippen MR) is 76.5 cm³/mol. The molecule has 1 aromatic carbocycles. The third-order valence-corrected chi connectivity index (χ3v) is 5.17. The van der Waals surface area contributed by atoms with E-state index in [1.165, 1.54) is 0 Å². The van der Waals surface area contributed by atoms with Crippen molar-refractivity contribution in [3.8, 4) is 0 Å². The van der Waals surface area contributed by atoms with E-state index in [1.54, 1.807) is 24.3 Å². The van der Waals surface area contributed by atoms with Crippen molar-refractivity contribution >= 4 is 10.0 Å². The first kappa shape index (κ1) is 14.5. The Morgan fingerprint density at radius 1 is 1.16 bits per heavy atom. The number of hydrogen-bond donors (Lipinski definition) is 1. The first-order valence-electron chi connectivity index (χ1n) is 6.80. The lowest BCUT2D eigenvalue weighted by Gasteiger charge is -2.34. The molecule has 1 aromatic rings. The Kier molecular flexibility index (Phi) is 4.60. The molecule has 106 valence electrons. The summed E-state index contributed by atoms with van der Waals surface area (Å²) in [6.45, 7) is 6.27. The summed E-state index contributed by atoms with van der Waals surface area (Å²) in [5.74, 6) is 0. The zero-order valence-corrected chi connectivity index (χ0v) is 12.4. The number of piperidine rings is 1. The van der Waals surface area contributed by atoms with E-state index in [4.69, 9.17) is 0 Å². The molecule has 1 aliphatic rings. The second-order valence-electron chi connectivity index (χ2n) is 5.34. The van der Waals surface area contributed by atoms with Gasteiger partial charge in [-0.15, -0.1) is 0 Å². The SMILES string of the molecule is CC(C)N1CCC(NS(=O)(=O)c2ccccc2)CC1. The molecule has 0 unspecified atom stereocenters. The van der Waals surface area contributed by atoms with Gasteiger partial charge in [0, 0.05) is 12.1 Å². The summed E-state index contributed by atoms with van der Waals surface area (Å²) >= 11 is 0. The van der Waals surface area contributed by atoms with Gasteiger partial charge < -0.3 is 4.90 Å². The fourth-order valence-electron chi connectivity index (χ4n) is 2.42. The molecule has 2 rings (SSSR count). The Hall–Kier alpha value is -0.910. The lowest BCUT2D eigenvalue weighted by molar-refractivity contribution is 0.168. The van der Waals surface area contributed by atoms with Crippen LogP contribution < -0.4 is 4.72 Å². The van der Waals surface area contributed by atoms with Gasteiger partial charge in [0.1, 0.15) is 0 Å². The first-order chi connectivity index (χ1) is 8.99. The number of hydrogen-bond acceptors (Lipinski definition) is 3. The van der Waals surface area contributed by atoms with Crippen LogP contribution in [-0.2, 0) is 10.0 Å². The molecule has 0 atom stereocenters. The molecular formula is C14H22N2O2S. The van der Waals surface area contributed by atoms with Crippen LogP contribution in [0.4, 0.5) is 0 Å². The van der Waals surface area contributed by atoms with E-state index in [0.717, 1.165) is 25.9 Å². The van der Waals surface area contributed by atoms with Gasteiger partial charge in [-0.25, -0.2) is 13.1 Å².